The number of fused-ring (bicyclic) bond motifs is 3. The summed E-state index contributed by atoms with van der Waals surface area (Å²) in [6, 6.07) is 12.9. The van der Waals surface area contributed by atoms with Crippen LogP contribution in [0.5, 0.6) is 11.5 Å². The van der Waals surface area contributed by atoms with E-state index in [4.69, 9.17) is 9.47 Å². The van der Waals surface area contributed by atoms with E-state index in [9.17, 15) is 19.2 Å². The SMILES string of the molecule is COc1cccc2[nH]c(C(=O)N3CCCCNC(=O)C(Cc4cnc[nH]4)NC(=O)c4cccc(c4)OCCNC(=O)C3)cc12. The molecule has 0 saturated carbocycles. The number of ether oxygens (including phenoxy) is 2. The molecule has 0 aliphatic carbocycles. The van der Waals surface area contributed by atoms with E-state index in [1.54, 1.807) is 43.6 Å². The van der Waals surface area contributed by atoms with E-state index in [0.717, 1.165) is 10.9 Å². The van der Waals surface area contributed by atoms with Crippen molar-refractivity contribution in [2.24, 2.45) is 0 Å². The average molecular weight is 602 g/mol. The molecule has 1 unspecified atom stereocenters. The molecule has 0 fully saturated rings. The molecule has 44 heavy (non-hydrogen) atoms. The Labute approximate surface area is 253 Å². The van der Waals surface area contributed by atoms with Crippen LogP contribution in [-0.2, 0) is 16.0 Å². The van der Waals surface area contributed by atoms with E-state index in [1.165, 1.54) is 11.2 Å². The molecule has 0 radical (unpaired) electrons. The van der Waals surface area contributed by atoms with E-state index in [2.05, 4.69) is 30.9 Å². The third kappa shape index (κ3) is 7.54. The molecule has 0 spiro atoms. The minimum absolute atomic E-state index is 0.150. The number of nitrogens with one attached hydrogen (secondary N) is 5. The van der Waals surface area contributed by atoms with Crippen molar-refractivity contribution in [2.45, 2.75) is 25.3 Å². The fourth-order valence-electron chi connectivity index (χ4n) is 4.99. The van der Waals surface area contributed by atoms with Gasteiger partial charge in [0, 0.05) is 47.9 Å². The summed E-state index contributed by atoms with van der Waals surface area (Å²) in [5.74, 6) is -0.372. The zero-order chi connectivity index (χ0) is 30.9. The summed E-state index contributed by atoms with van der Waals surface area (Å²) in [6.07, 6.45) is 4.40. The maximum atomic E-state index is 13.6. The largest absolute Gasteiger partial charge is 0.496 e. The Morgan fingerprint density at radius 2 is 1.93 bits per heavy atom. The highest BCUT2D eigenvalue weighted by atomic mass is 16.5. The first-order valence-corrected chi connectivity index (χ1v) is 14.4. The topological polar surface area (TPSA) is 171 Å². The van der Waals surface area contributed by atoms with Crippen molar-refractivity contribution in [3.8, 4) is 11.5 Å². The number of rotatable bonds is 4. The number of carbonyl (C=O) groups excluding carboxylic acids is 4. The molecule has 5 N–H and O–H groups in total. The average Bonchev–Trinajstić information content (AvgIpc) is 3.71. The summed E-state index contributed by atoms with van der Waals surface area (Å²) >= 11 is 0. The first kappa shape index (κ1) is 30.1. The zero-order valence-electron chi connectivity index (χ0n) is 24.4. The van der Waals surface area contributed by atoms with E-state index < -0.39 is 11.9 Å². The smallest absolute Gasteiger partial charge is 0.270 e. The fourth-order valence-corrected chi connectivity index (χ4v) is 4.99. The highest BCUT2D eigenvalue weighted by Gasteiger charge is 2.24. The number of aromatic amines is 2. The summed E-state index contributed by atoms with van der Waals surface area (Å²) in [6.45, 7) is 0.793. The van der Waals surface area contributed by atoms with Crippen molar-refractivity contribution in [3.63, 3.8) is 0 Å². The number of H-pyrrole nitrogens is 2. The molecule has 1 aliphatic rings. The van der Waals surface area contributed by atoms with Gasteiger partial charge in [-0.15, -0.1) is 0 Å². The molecule has 5 rings (SSSR count). The third-order valence-corrected chi connectivity index (χ3v) is 7.24. The van der Waals surface area contributed by atoms with E-state index in [0.29, 0.717) is 47.8 Å². The predicted molar refractivity (Wildman–Crippen MR) is 161 cm³/mol. The lowest BCUT2D eigenvalue weighted by molar-refractivity contribution is -0.123. The second kappa shape index (κ2) is 14.2. The summed E-state index contributed by atoms with van der Waals surface area (Å²) in [5, 5.41) is 9.26. The number of hydrogen-bond acceptors (Lipinski definition) is 7. The van der Waals surface area contributed by atoms with Crippen LogP contribution in [0.25, 0.3) is 10.9 Å². The van der Waals surface area contributed by atoms with Crippen LogP contribution < -0.4 is 25.4 Å². The van der Waals surface area contributed by atoms with Gasteiger partial charge in [0.05, 0.1) is 26.5 Å². The minimum atomic E-state index is -0.853. The van der Waals surface area contributed by atoms with Crippen LogP contribution in [0.1, 0.15) is 39.4 Å². The molecule has 3 heterocycles. The van der Waals surface area contributed by atoms with Crippen LogP contribution in [0.3, 0.4) is 0 Å². The van der Waals surface area contributed by atoms with E-state index in [-0.39, 0.29) is 50.4 Å². The van der Waals surface area contributed by atoms with Gasteiger partial charge in [0.15, 0.2) is 0 Å². The van der Waals surface area contributed by atoms with Gasteiger partial charge in [0.1, 0.15) is 29.8 Å². The zero-order valence-corrected chi connectivity index (χ0v) is 24.4. The summed E-state index contributed by atoms with van der Waals surface area (Å²) in [7, 11) is 1.57. The van der Waals surface area contributed by atoms with Crippen molar-refractivity contribution in [3.05, 3.63) is 78.0 Å². The first-order chi connectivity index (χ1) is 21.4. The molecule has 13 heteroatoms. The van der Waals surface area contributed by atoms with Gasteiger partial charge in [-0.25, -0.2) is 4.98 Å². The maximum Gasteiger partial charge on any atom is 0.270 e. The Balaban J connectivity index is 1.32. The highest BCUT2D eigenvalue weighted by molar-refractivity contribution is 6.01. The Kier molecular flexibility index (Phi) is 9.74. The van der Waals surface area contributed by atoms with Gasteiger partial charge in [0.25, 0.3) is 11.8 Å². The number of amides is 4. The number of hydrogen-bond donors (Lipinski definition) is 5. The molecule has 2 aromatic heterocycles. The maximum absolute atomic E-state index is 13.6. The van der Waals surface area contributed by atoms with Crippen LogP contribution in [0, 0.1) is 0 Å². The Bertz CT molecular complexity index is 1620. The van der Waals surface area contributed by atoms with Gasteiger partial charge in [0.2, 0.25) is 11.8 Å². The predicted octanol–water partition coefficient (Wildman–Crippen LogP) is 1.79. The fraction of sp³-hybridized carbons (Fsp3) is 0.323. The molecule has 13 nitrogen and oxygen atoms in total. The molecular formula is C31H35N7O6. The Hall–Kier alpha value is -5.33. The summed E-state index contributed by atoms with van der Waals surface area (Å²) in [5.41, 5.74) is 2.11. The second-order valence-corrected chi connectivity index (χ2v) is 10.4. The van der Waals surface area contributed by atoms with Gasteiger partial charge in [-0.05, 0) is 49.2 Å². The molecule has 4 amide bonds. The molecule has 2 aromatic carbocycles. The van der Waals surface area contributed by atoms with Gasteiger partial charge < -0.3 is 40.3 Å². The van der Waals surface area contributed by atoms with Crippen LogP contribution in [0.2, 0.25) is 0 Å². The second-order valence-electron chi connectivity index (χ2n) is 10.4. The molecule has 0 saturated heterocycles. The molecule has 230 valence electrons. The van der Waals surface area contributed by atoms with Crippen molar-refractivity contribution in [1.29, 1.82) is 0 Å². The molecular weight excluding hydrogens is 566 g/mol. The minimum Gasteiger partial charge on any atom is -0.496 e. The molecule has 1 aliphatic heterocycles. The number of imidazole rings is 1. The van der Waals surface area contributed by atoms with Crippen LogP contribution in [-0.4, -0.2) is 89.4 Å². The number of benzene rings is 2. The quantitative estimate of drug-likeness (QED) is 0.237. The van der Waals surface area contributed by atoms with Crippen molar-refractivity contribution in [1.82, 2.24) is 35.8 Å². The third-order valence-electron chi connectivity index (χ3n) is 7.24. The lowest BCUT2D eigenvalue weighted by atomic mass is 10.1. The van der Waals surface area contributed by atoms with Crippen LogP contribution >= 0.6 is 0 Å². The summed E-state index contributed by atoms with van der Waals surface area (Å²) < 4.78 is 11.2. The lowest BCUT2D eigenvalue weighted by Gasteiger charge is -2.22. The van der Waals surface area contributed by atoms with Gasteiger partial charge in [-0.2, -0.15) is 0 Å². The van der Waals surface area contributed by atoms with E-state index in [1.807, 2.05) is 18.2 Å². The highest BCUT2D eigenvalue weighted by Crippen LogP contribution is 2.26. The van der Waals surface area contributed by atoms with Gasteiger partial charge >= 0.3 is 0 Å². The van der Waals surface area contributed by atoms with Crippen molar-refractivity contribution in [2.75, 3.05) is 39.9 Å². The monoisotopic (exact) mass is 601 g/mol. The normalized spacial score (nSPS) is 17.3. The Morgan fingerprint density at radius 1 is 1.07 bits per heavy atom. The Morgan fingerprint density at radius 3 is 2.75 bits per heavy atom. The lowest BCUT2D eigenvalue weighted by Crippen LogP contribution is -2.48. The summed E-state index contributed by atoms with van der Waals surface area (Å²) in [4.78, 5) is 64.3. The molecule has 4 aromatic rings. The first-order valence-electron chi connectivity index (χ1n) is 14.4. The molecule has 1 atom stereocenters. The van der Waals surface area contributed by atoms with Crippen molar-refractivity contribution >= 4 is 34.5 Å². The molecule has 2 bridgehead atoms. The standard InChI is InChI=1S/C31H35N7O6/c1-43-27-9-5-8-24-23(27)16-26(36-24)31(42)38-12-3-2-10-34-30(41)25(15-21-17-32-19-35-21)37-29(40)20-6-4-7-22(14-20)44-13-11-33-28(39)18-38/h4-9,14,16-17,19,25,36H,2-3,10-13,15,18H2,1H3,(H,32,35)(H,33,39)(H,34,41)(H,37,40). The van der Waals surface area contributed by atoms with Crippen molar-refractivity contribution < 1.29 is 28.7 Å². The van der Waals surface area contributed by atoms with Crippen LogP contribution in [0.4, 0.5) is 0 Å². The van der Waals surface area contributed by atoms with E-state index >= 15 is 0 Å². The van der Waals surface area contributed by atoms with Gasteiger partial charge in [-0.3, -0.25) is 19.2 Å². The van der Waals surface area contributed by atoms with Gasteiger partial charge in [-0.1, -0.05) is 12.1 Å². The number of nitrogens with zero attached hydrogens (tertiary/aromatic N) is 2. The number of aromatic nitrogens is 3. The number of methoxy groups -OCH3 is 1. The number of carbonyl (C=O) groups is 4. The van der Waals surface area contributed by atoms with Crippen LogP contribution in [0.15, 0.2) is 61.1 Å².